The molecule has 0 fully saturated rings. The first-order valence-corrected chi connectivity index (χ1v) is 9.31. The van der Waals surface area contributed by atoms with Crippen LogP contribution < -0.4 is 21.3 Å². The van der Waals surface area contributed by atoms with E-state index in [1.54, 1.807) is 16.7 Å². The third kappa shape index (κ3) is 4.33. The lowest BCUT2D eigenvalue weighted by atomic mass is 10.3. The van der Waals surface area contributed by atoms with E-state index in [9.17, 15) is 14.7 Å². The normalized spacial score (nSPS) is 12.3. The maximum absolute atomic E-state index is 12.7. The average Bonchev–Trinajstić information content (AvgIpc) is 3.08. The van der Waals surface area contributed by atoms with Gasteiger partial charge in [0.2, 0.25) is 5.95 Å². The van der Waals surface area contributed by atoms with Gasteiger partial charge in [-0.3, -0.25) is 13.9 Å². The zero-order chi connectivity index (χ0) is 21.0. The van der Waals surface area contributed by atoms with Crippen molar-refractivity contribution in [1.82, 2.24) is 18.7 Å². The number of anilines is 1. The number of aromatic nitrogens is 4. The molecule has 3 aromatic rings. The molecule has 0 aliphatic rings. The summed E-state index contributed by atoms with van der Waals surface area (Å²) in [5.41, 5.74) is -0.551. The Bertz CT molecular complexity index is 1090. The molecule has 0 spiro atoms. The number of nitrogens with zero attached hydrogens (tertiary/aromatic N) is 4. The van der Waals surface area contributed by atoms with Crippen LogP contribution in [-0.4, -0.2) is 54.8 Å². The Labute approximate surface area is 166 Å². The highest BCUT2D eigenvalue weighted by atomic mass is 16.5. The topological polar surface area (TPSA) is 124 Å². The molecule has 2 heterocycles. The molecule has 2 aromatic heterocycles. The Kier molecular flexibility index (Phi) is 6.35. The molecule has 0 bridgehead atoms. The predicted octanol–water partition coefficient (Wildman–Crippen LogP) is -0.332. The molecule has 0 unspecified atom stereocenters. The van der Waals surface area contributed by atoms with Gasteiger partial charge in [0.05, 0.1) is 6.54 Å². The Hall–Kier alpha value is -3.11. The summed E-state index contributed by atoms with van der Waals surface area (Å²) in [6.45, 7) is 0.482. The maximum Gasteiger partial charge on any atom is 0.332 e. The third-order valence-electron chi connectivity index (χ3n) is 4.54. The van der Waals surface area contributed by atoms with Gasteiger partial charge in [-0.1, -0.05) is 18.2 Å². The summed E-state index contributed by atoms with van der Waals surface area (Å²) in [4.78, 5) is 29.3. The van der Waals surface area contributed by atoms with E-state index in [-0.39, 0.29) is 30.9 Å². The monoisotopic (exact) mass is 403 g/mol. The summed E-state index contributed by atoms with van der Waals surface area (Å²) in [7, 11) is 2.93. The molecule has 3 N–H and O–H groups in total. The van der Waals surface area contributed by atoms with Crippen LogP contribution in [0, 0.1) is 0 Å². The van der Waals surface area contributed by atoms with Crippen molar-refractivity contribution in [3.63, 3.8) is 0 Å². The van der Waals surface area contributed by atoms with Gasteiger partial charge in [-0.25, -0.2) is 4.79 Å². The van der Waals surface area contributed by atoms with Gasteiger partial charge in [-0.15, -0.1) is 0 Å². The van der Waals surface area contributed by atoms with Crippen molar-refractivity contribution in [3.8, 4) is 5.75 Å². The van der Waals surface area contributed by atoms with Gasteiger partial charge in [0.15, 0.2) is 11.2 Å². The molecule has 10 heteroatoms. The highest BCUT2D eigenvalue weighted by Crippen LogP contribution is 2.17. The van der Waals surface area contributed by atoms with Crippen molar-refractivity contribution < 1.29 is 14.9 Å². The minimum atomic E-state index is -0.923. The zero-order valence-electron chi connectivity index (χ0n) is 16.4. The summed E-state index contributed by atoms with van der Waals surface area (Å²) in [6, 6.07) is 9.10. The number of aryl methyl sites for hydroxylation is 1. The average molecular weight is 403 g/mol. The van der Waals surface area contributed by atoms with Crippen LogP contribution in [0.2, 0.25) is 0 Å². The third-order valence-corrected chi connectivity index (χ3v) is 4.54. The fourth-order valence-corrected chi connectivity index (χ4v) is 3.01. The molecule has 1 atom stereocenters. The maximum atomic E-state index is 12.7. The first-order chi connectivity index (χ1) is 13.9. The van der Waals surface area contributed by atoms with Crippen LogP contribution in [0.25, 0.3) is 11.2 Å². The smallest absolute Gasteiger partial charge is 0.332 e. The zero-order valence-corrected chi connectivity index (χ0v) is 16.4. The molecule has 3 rings (SSSR count). The van der Waals surface area contributed by atoms with E-state index >= 15 is 0 Å². The van der Waals surface area contributed by atoms with Crippen molar-refractivity contribution in [2.24, 2.45) is 14.1 Å². The largest absolute Gasteiger partial charge is 0.491 e. The minimum absolute atomic E-state index is 0.00101. The number of para-hydroxylation sites is 1. The Morgan fingerprint density at radius 1 is 1.17 bits per heavy atom. The van der Waals surface area contributed by atoms with Gasteiger partial charge in [-0.2, -0.15) is 4.98 Å². The Balaban J connectivity index is 1.94. The summed E-state index contributed by atoms with van der Waals surface area (Å²) in [5, 5.41) is 22.6. The first kappa shape index (κ1) is 20.6. The van der Waals surface area contributed by atoms with Crippen molar-refractivity contribution in [1.29, 1.82) is 0 Å². The van der Waals surface area contributed by atoms with Gasteiger partial charge in [0.25, 0.3) is 5.56 Å². The molecular formula is C19H25N5O5. The van der Waals surface area contributed by atoms with E-state index in [2.05, 4.69) is 10.3 Å². The summed E-state index contributed by atoms with van der Waals surface area (Å²) in [6.07, 6.45) is -0.437. The van der Waals surface area contributed by atoms with E-state index in [0.717, 1.165) is 4.57 Å². The summed E-state index contributed by atoms with van der Waals surface area (Å²) in [5.74, 6) is 0.965. The standard InChI is InChI=1S/C19H25N5O5/c1-22-16-15(17(27)23(2)19(22)28)24(18(21-16)20-9-6-10-25)11-13(26)12-29-14-7-4-3-5-8-14/h3-5,7-8,13,25-26H,6,9-12H2,1-2H3,(H,20,21)/t13-/m1/s1. The highest BCUT2D eigenvalue weighted by Gasteiger charge is 2.21. The van der Waals surface area contributed by atoms with Crippen molar-refractivity contribution in [2.45, 2.75) is 19.1 Å². The highest BCUT2D eigenvalue weighted by molar-refractivity contribution is 5.74. The number of aliphatic hydroxyl groups is 2. The molecule has 156 valence electrons. The number of aliphatic hydroxyl groups excluding tert-OH is 2. The number of benzene rings is 1. The fraction of sp³-hybridized carbons (Fsp3) is 0.421. The molecule has 1 aromatic carbocycles. The number of fused-ring (bicyclic) bond motifs is 1. The molecule has 0 radical (unpaired) electrons. The van der Waals surface area contributed by atoms with E-state index in [1.807, 2.05) is 18.2 Å². The molecule has 0 aliphatic carbocycles. The summed E-state index contributed by atoms with van der Waals surface area (Å²) >= 11 is 0. The van der Waals surface area contributed by atoms with Gasteiger partial charge in [-0.05, 0) is 18.6 Å². The lowest BCUT2D eigenvalue weighted by Crippen LogP contribution is -2.38. The number of hydrogen-bond donors (Lipinski definition) is 3. The number of ether oxygens (including phenoxy) is 1. The fourth-order valence-electron chi connectivity index (χ4n) is 3.01. The number of imidazole rings is 1. The number of hydrogen-bond acceptors (Lipinski definition) is 7. The molecule has 29 heavy (non-hydrogen) atoms. The molecule has 0 amide bonds. The predicted molar refractivity (Wildman–Crippen MR) is 108 cm³/mol. The van der Waals surface area contributed by atoms with Gasteiger partial charge in [0, 0.05) is 27.2 Å². The molecule has 0 saturated carbocycles. The lowest BCUT2D eigenvalue weighted by Gasteiger charge is -2.16. The van der Waals surface area contributed by atoms with Crippen LogP contribution >= 0.6 is 0 Å². The molecule has 10 nitrogen and oxygen atoms in total. The Morgan fingerprint density at radius 3 is 2.59 bits per heavy atom. The van der Waals surface area contributed by atoms with Crippen LogP contribution in [0.5, 0.6) is 5.75 Å². The first-order valence-electron chi connectivity index (χ1n) is 9.31. The molecule has 0 saturated heterocycles. The number of nitrogens with one attached hydrogen (secondary N) is 1. The van der Waals surface area contributed by atoms with Crippen molar-refractivity contribution in [2.75, 3.05) is 25.1 Å². The van der Waals surface area contributed by atoms with E-state index in [4.69, 9.17) is 9.84 Å². The summed E-state index contributed by atoms with van der Waals surface area (Å²) < 4.78 is 9.43. The van der Waals surface area contributed by atoms with Crippen LogP contribution in [0.4, 0.5) is 5.95 Å². The van der Waals surface area contributed by atoms with E-state index < -0.39 is 17.4 Å². The van der Waals surface area contributed by atoms with Crippen LogP contribution in [0.3, 0.4) is 0 Å². The van der Waals surface area contributed by atoms with Gasteiger partial charge in [0.1, 0.15) is 18.5 Å². The van der Waals surface area contributed by atoms with Crippen molar-refractivity contribution in [3.05, 3.63) is 51.2 Å². The second kappa shape index (κ2) is 8.93. The molecule has 0 aliphatic heterocycles. The quantitative estimate of drug-likeness (QED) is 0.418. The van der Waals surface area contributed by atoms with Crippen molar-refractivity contribution >= 4 is 17.1 Å². The van der Waals surface area contributed by atoms with E-state index in [1.165, 1.54) is 18.7 Å². The molecular weight excluding hydrogens is 378 g/mol. The second-order valence-corrected chi connectivity index (χ2v) is 6.71. The van der Waals surface area contributed by atoms with Gasteiger partial charge >= 0.3 is 5.69 Å². The van der Waals surface area contributed by atoms with Crippen LogP contribution in [0.15, 0.2) is 39.9 Å². The van der Waals surface area contributed by atoms with Crippen LogP contribution in [-0.2, 0) is 20.6 Å². The van der Waals surface area contributed by atoms with Crippen LogP contribution in [0.1, 0.15) is 6.42 Å². The SMILES string of the molecule is Cn1c(=O)c2c(nc(NCCCO)n2C[C@@H](O)COc2ccccc2)n(C)c1=O. The second-order valence-electron chi connectivity index (χ2n) is 6.71. The number of rotatable bonds is 9. The minimum Gasteiger partial charge on any atom is -0.491 e. The van der Waals surface area contributed by atoms with E-state index in [0.29, 0.717) is 24.7 Å². The lowest BCUT2D eigenvalue weighted by molar-refractivity contribution is 0.0938. The Morgan fingerprint density at radius 2 is 1.90 bits per heavy atom. The van der Waals surface area contributed by atoms with Gasteiger partial charge < -0.3 is 24.8 Å².